The van der Waals surface area contributed by atoms with Crippen molar-refractivity contribution >= 4 is 46.1 Å². The summed E-state index contributed by atoms with van der Waals surface area (Å²) in [6.45, 7) is 0.845. The molecule has 0 saturated carbocycles. The minimum atomic E-state index is -0.242. The first-order valence-electron chi connectivity index (χ1n) is 11.4. The number of hydrogen-bond donors (Lipinski definition) is 2. The van der Waals surface area contributed by atoms with E-state index in [1.807, 2.05) is 56.6 Å². The molecule has 180 valence electrons. The summed E-state index contributed by atoms with van der Waals surface area (Å²) in [4.78, 5) is 26.7. The monoisotopic (exact) mass is 489 g/mol. The average Bonchev–Trinajstić information content (AvgIpc) is 3.16. The Bertz CT molecular complexity index is 1270. The number of halogens is 1. The smallest absolute Gasteiger partial charge is 0.305 e. The van der Waals surface area contributed by atoms with Gasteiger partial charge in [0.1, 0.15) is 0 Å². The lowest BCUT2D eigenvalue weighted by Gasteiger charge is -2.16. The Morgan fingerprint density at radius 3 is 2.34 bits per heavy atom. The largest absolute Gasteiger partial charge is 0.469 e. The van der Waals surface area contributed by atoms with Gasteiger partial charge in [-0.1, -0.05) is 54.1 Å². The van der Waals surface area contributed by atoms with Crippen molar-refractivity contribution in [1.82, 2.24) is 4.90 Å². The van der Waals surface area contributed by atoms with Gasteiger partial charge in [-0.2, -0.15) is 0 Å². The van der Waals surface area contributed by atoms with Crippen LogP contribution in [0.15, 0.2) is 66.7 Å². The third-order valence-electron chi connectivity index (χ3n) is 5.79. The molecular formula is C28H28ClN3O3. The number of carbonyl (C=O) groups excluding carboxylic acids is 2. The van der Waals surface area contributed by atoms with Crippen LogP contribution in [0, 0.1) is 0 Å². The van der Waals surface area contributed by atoms with Gasteiger partial charge in [0, 0.05) is 29.2 Å². The van der Waals surface area contributed by atoms with Gasteiger partial charge in [-0.05, 0) is 61.5 Å². The van der Waals surface area contributed by atoms with Gasteiger partial charge in [0.15, 0.2) is 0 Å². The minimum Gasteiger partial charge on any atom is -0.469 e. The number of methoxy groups -OCH3 is 1. The number of benzene rings is 3. The van der Waals surface area contributed by atoms with E-state index in [0.29, 0.717) is 34.8 Å². The molecule has 35 heavy (non-hydrogen) atoms. The Labute approximate surface area is 210 Å². The van der Waals surface area contributed by atoms with Crippen LogP contribution in [0.5, 0.6) is 0 Å². The van der Waals surface area contributed by atoms with E-state index >= 15 is 0 Å². The van der Waals surface area contributed by atoms with Crippen molar-refractivity contribution in [1.29, 1.82) is 0 Å². The van der Waals surface area contributed by atoms with Crippen LogP contribution in [0.3, 0.4) is 0 Å². The zero-order chi connectivity index (χ0) is 24.9. The van der Waals surface area contributed by atoms with Gasteiger partial charge >= 0.3 is 5.97 Å². The molecule has 4 rings (SSSR count). The predicted octanol–water partition coefficient (Wildman–Crippen LogP) is 5.44. The van der Waals surface area contributed by atoms with Crippen molar-refractivity contribution in [2.75, 3.05) is 31.8 Å². The molecular weight excluding hydrogens is 462 g/mol. The molecule has 6 nitrogen and oxygen atoms in total. The molecule has 0 radical (unpaired) electrons. The van der Waals surface area contributed by atoms with Crippen molar-refractivity contribution < 1.29 is 14.3 Å². The molecule has 0 aromatic heterocycles. The Morgan fingerprint density at radius 1 is 1.00 bits per heavy atom. The van der Waals surface area contributed by atoms with Crippen molar-refractivity contribution in [3.63, 3.8) is 0 Å². The second kappa shape index (κ2) is 10.8. The minimum absolute atomic E-state index is 0.191. The molecule has 0 unspecified atom stereocenters. The van der Waals surface area contributed by atoms with Crippen LogP contribution < -0.4 is 10.6 Å². The summed E-state index contributed by atoms with van der Waals surface area (Å²) in [5.74, 6) is -0.432. The quantitative estimate of drug-likeness (QED) is 0.325. The fourth-order valence-corrected chi connectivity index (χ4v) is 4.23. The molecule has 2 N–H and O–H groups in total. The molecule has 0 atom stereocenters. The van der Waals surface area contributed by atoms with Gasteiger partial charge in [-0.3, -0.25) is 9.59 Å². The molecule has 0 saturated heterocycles. The molecule has 1 aliphatic rings. The molecule has 1 heterocycles. The van der Waals surface area contributed by atoms with E-state index in [4.69, 9.17) is 16.3 Å². The maximum Gasteiger partial charge on any atom is 0.305 e. The van der Waals surface area contributed by atoms with Crippen LogP contribution in [-0.2, 0) is 27.3 Å². The first-order chi connectivity index (χ1) is 16.8. The fourth-order valence-electron chi connectivity index (χ4n) is 4.06. The van der Waals surface area contributed by atoms with Gasteiger partial charge in [-0.15, -0.1) is 0 Å². The lowest BCUT2D eigenvalue weighted by atomic mass is 9.98. The van der Waals surface area contributed by atoms with Crippen molar-refractivity contribution in [2.24, 2.45) is 0 Å². The number of anilines is 2. The Hall–Kier alpha value is -3.61. The summed E-state index contributed by atoms with van der Waals surface area (Å²) in [5.41, 5.74) is 6.67. The SMILES string of the molecule is COC(=O)CCc1ccc(C(Nc2ccc(CN(C)C)cc2)=C2C(=O)Nc3cc(Cl)ccc32)cc1. The predicted molar refractivity (Wildman–Crippen MR) is 141 cm³/mol. The van der Waals surface area contributed by atoms with Crippen LogP contribution in [0.25, 0.3) is 11.3 Å². The van der Waals surface area contributed by atoms with Gasteiger partial charge < -0.3 is 20.3 Å². The summed E-state index contributed by atoms with van der Waals surface area (Å²) in [7, 11) is 5.46. The Kier molecular flexibility index (Phi) is 7.54. The van der Waals surface area contributed by atoms with Crippen LogP contribution in [0.4, 0.5) is 11.4 Å². The second-order valence-electron chi connectivity index (χ2n) is 8.73. The highest BCUT2D eigenvalue weighted by Crippen LogP contribution is 2.38. The Balaban J connectivity index is 1.72. The van der Waals surface area contributed by atoms with E-state index in [0.717, 1.165) is 28.9 Å². The van der Waals surface area contributed by atoms with Crippen LogP contribution >= 0.6 is 11.6 Å². The third-order valence-corrected chi connectivity index (χ3v) is 6.02. The standard InChI is InChI=1S/C28H28ClN3O3/c1-32(2)17-19-6-12-22(13-7-19)30-27(20-9-4-18(5-10-20)8-15-25(33)35-3)26-23-14-11-21(29)16-24(23)31-28(26)34/h4-7,9-14,16,30H,8,15,17H2,1-3H3,(H,31,34). The zero-order valence-corrected chi connectivity index (χ0v) is 20.8. The maximum absolute atomic E-state index is 13.1. The number of ether oxygens (including phenoxy) is 1. The van der Waals surface area contributed by atoms with E-state index in [9.17, 15) is 9.59 Å². The molecule has 0 spiro atoms. The van der Waals surface area contributed by atoms with Crippen LogP contribution in [0.1, 0.15) is 28.7 Å². The first kappa shape index (κ1) is 24.5. The van der Waals surface area contributed by atoms with Gasteiger partial charge in [0.25, 0.3) is 5.91 Å². The number of aryl methyl sites for hydroxylation is 1. The molecule has 1 amide bonds. The third kappa shape index (κ3) is 5.91. The van der Waals surface area contributed by atoms with Crippen LogP contribution in [-0.4, -0.2) is 38.0 Å². The molecule has 3 aromatic carbocycles. The number of nitrogens with one attached hydrogen (secondary N) is 2. The fraction of sp³-hybridized carbons (Fsp3) is 0.214. The summed E-state index contributed by atoms with van der Waals surface area (Å²) in [6.07, 6.45) is 0.902. The zero-order valence-electron chi connectivity index (χ0n) is 20.0. The molecule has 3 aromatic rings. The van der Waals surface area contributed by atoms with Gasteiger partial charge in [0.05, 0.1) is 24.1 Å². The number of carbonyl (C=O) groups is 2. The number of amides is 1. The summed E-state index contributed by atoms with van der Waals surface area (Å²) in [5, 5.41) is 6.97. The average molecular weight is 490 g/mol. The van der Waals surface area contributed by atoms with Gasteiger partial charge in [0.2, 0.25) is 0 Å². The number of nitrogens with zero attached hydrogens (tertiary/aromatic N) is 1. The number of hydrogen-bond acceptors (Lipinski definition) is 5. The molecule has 0 bridgehead atoms. The van der Waals surface area contributed by atoms with E-state index in [1.54, 1.807) is 12.1 Å². The summed E-state index contributed by atoms with van der Waals surface area (Å²) >= 11 is 6.16. The highest BCUT2D eigenvalue weighted by molar-refractivity contribution is 6.38. The summed E-state index contributed by atoms with van der Waals surface area (Å²) < 4.78 is 4.74. The Morgan fingerprint density at radius 2 is 1.69 bits per heavy atom. The molecule has 0 fully saturated rings. The number of esters is 1. The number of fused-ring (bicyclic) bond motifs is 1. The first-order valence-corrected chi connectivity index (χ1v) is 11.7. The highest BCUT2D eigenvalue weighted by atomic mass is 35.5. The van der Waals surface area contributed by atoms with Crippen molar-refractivity contribution in [3.05, 3.63) is 94.0 Å². The van der Waals surface area contributed by atoms with E-state index in [1.165, 1.54) is 12.7 Å². The summed E-state index contributed by atoms with van der Waals surface area (Å²) in [6, 6.07) is 21.4. The lowest BCUT2D eigenvalue weighted by molar-refractivity contribution is -0.140. The van der Waals surface area contributed by atoms with Crippen LogP contribution in [0.2, 0.25) is 5.02 Å². The van der Waals surface area contributed by atoms with E-state index in [2.05, 4.69) is 27.7 Å². The highest BCUT2D eigenvalue weighted by Gasteiger charge is 2.28. The maximum atomic E-state index is 13.1. The van der Waals surface area contributed by atoms with Crippen molar-refractivity contribution in [3.8, 4) is 0 Å². The van der Waals surface area contributed by atoms with Crippen molar-refractivity contribution in [2.45, 2.75) is 19.4 Å². The normalized spacial score (nSPS) is 13.9. The number of rotatable bonds is 8. The molecule has 0 aliphatic carbocycles. The van der Waals surface area contributed by atoms with E-state index < -0.39 is 0 Å². The second-order valence-corrected chi connectivity index (χ2v) is 9.16. The molecule has 7 heteroatoms. The van der Waals surface area contributed by atoms with Gasteiger partial charge in [-0.25, -0.2) is 0 Å². The lowest BCUT2D eigenvalue weighted by Crippen LogP contribution is -2.11. The molecule has 1 aliphatic heterocycles. The van der Waals surface area contributed by atoms with E-state index in [-0.39, 0.29) is 11.9 Å². The topological polar surface area (TPSA) is 70.7 Å².